The molecule has 4 aromatic rings. The van der Waals surface area contributed by atoms with Crippen molar-refractivity contribution in [3.05, 3.63) is 84.8 Å². The fraction of sp³-hybridized carbons (Fsp3) is 0. The maximum Gasteiger partial charge on any atom is 0.263 e. The van der Waals surface area contributed by atoms with Gasteiger partial charge >= 0.3 is 0 Å². The molecular formula is C20H15N5O. The van der Waals surface area contributed by atoms with E-state index in [9.17, 15) is 0 Å². The van der Waals surface area contributed by atoms with Crippen LogP contribution in [0.3, 0.4) is 0 Å². The summed E-state index contributed by atoms with van der Waals surface area (Å²) in [7, 11) is 0. The Labute approximate surface area is 150 Å². The van der Waals surface area contributed by atoms with Gasteiger partial charge in [-0.05, 0) is 12.1 Å². The summed E-state index contributed by atoms with van der Waals surface area (Å²) in [4.78, 5) is 4.61. The van der Waals surface area contributed by atoms with Crippen molar-refractivity contribution in [2.45, 2.75) is 0 Å². The average Bonchev–Trinajstić information content (AvgIpc) is 3.23. The topological polar surface area (TPSA) is 76.2 Å². The molecule has 1 N–H and O–H groups in total. The highest BCUT2D eigenvalue weighted by Gasteiger charge is 2.13. The van der Waals surface area contributed by atoms with Gasteiger partial charge in [0.05, 0.1) is 12.5 Å². The number of nitrogens with zero attached hydrogens (tertiary/aromatic N) is 4. The minimum Gasteiger partial charge on any atom is -0.463 e. The van der Waals surface area contributed by atoms with Crippen LogP contribution in [0.25, 0.3) is 22.5 Å². The van der Waals surface area contributed by atoms with Crippen LogP contribution in [-0.2, 0) is 0 Å². The molecule has 0 aliphatic heterocycles. The summed E-state index contributed by atoms with van der Waals surface area (Å²) in [6.07, 6.45) is 3.14. The molecule has 2 heterocycles. The number of anilines is 1. The number of rotatable bonds is 5. The van der Waals surface area contributed by atoms with Gasteiger partial charge in [-0.3, -0.25) is 0 Å². The van der Waals surface area contributed by atoms with E-state index in [4.69, 9.17) is 4.42 Å². The highest BCUT2D eigenvalue weighted by Crippen LogP contribution is 2.28. The summed E-state index contributed by atoms with van der Waals surface area (Å²) in [6.45, 7) is 0. The van der Waals surface area contributed by atoms with E-state index in [1.165, 1.54) is 0 Å². The number of hydrazone groups is 1. The molecule has 0 aliphatic carbocycles. The molecule has 6 heteroatoms. The van der Waals surface area contributed by atoms with E-state index in [0.29, 0.717) is 11.7 Å². The lowest BCUT2D eigenvalue weighted by molar-refractivity contribution is 0.560. The molecule has 126 valence electrons. The maximum absolute atomic E-state index is 5.20. The van der Waals surface area contributed by atoms with Crippen LogP contribution >= 0.6 is 0 Å². The molecule has 0 amide bonds. The third kappa shape index (κ3) is 3.49. The van der Waals surface area contributed by atoms with Crippen LogP contribution in [-0.4, -0.2) is 21.4 Å². The number of furan rings is 1. The van der Waals surface area contributed by atoms with E-state index >= 15 is 0 Å². The average molecular weight is 341 g/mol. The lowest BCUT2D eigenvalue weighted by Gasteiger charge is -2.09. The van der Waals surface area contributed by atoms with Crippen molar-refractivity contribution in [2.75, 3.05) is 5.43 Å². The second kappa shape index (κ2) is 7.40. The molecule has 6 nitrogen and oxygen atoms in total. The zero-order valence-corrected chi connectivity index (χ0v) is 13.8. The van der Waals surface area contributed by atoms with Gasteiger partial charge in [-0.2, -0.15) is 5.10 Å². The van der Waals surface area contributed by atoms with Gasteiger partial charge < -0.3 is 4.42 Å². The Balaban J connectivity index is 1.70. The number of hydrogen-bond donors (Lipinski definition) is 1. The molecular weight excluding hydrogens is 326 g/mol. The molecule has 4 rings (SSSR count). The Bertz CT molecular complexity index is 999. The SMILES string of the molecule is C(=NNc1nnc(-c2ccccc2)c(-c2ccccc2)n1)c1ccco1. The van der Waals surface area contributed by atoms with Crippen LogP contribution in [0.1, 0.15) is 5.76 Å². The van der Waals surface area contributed by atoms with Gasteiger partial charge in [0.1, 0.15) is 17.1 Å². The van der Waals surface area contributed by atoms with E-state index in [1.807, 2.05) is 60.7 Å². The van der Waals surface area contributed by atoms with Gasteiger partial charge in [-0.15, -0.1) is 10.2 Å². The van der Waals surface area contributed by atoms with Gasteiger partial charge in [0.15, 0.2) is 0 Å². The van der Waals surface area contributed by atoms with E-state index in [1.54, 1.807) is 24.6 Å². The zero-order valence-electron chi connectivity index (χ0n) is 13.8. The zero-order chi connectivity index (χ0) is 17.6. The van der Waals surface area contributed by atoms with Crippen LogP contribution in [0.4, 0.5) is 5.95 Å². The largest absolute Gasteiger partial charge is 0.463 e. The molecule has 0 aliphatic rings. The molecule has 0 fully saturated rings. The molecule has 26 heavy (non-hydrogen) atoms. The van der Waals surface area contributed by atoms with Crippen molar-refractivity contribution in [3.63, 3.8) is 0 Å². The molecule has 0 saturated carbocycles. The highest BCUT2D eigenvalue weighted by atomic mass is 16.3. The second-order valence-corrected chi connectivity index (χ2v) is 5.45. The second-order valence-electron chi connectivity index (χ2n) is 5.45. The Morgan fingerprint density at radius 1 is 0.769 bits per heavy atom. The number of hydrogen-bond acceptors (Lipinski definition) is 6. The molecule has 0 atom stereocenters. The van der Waals surface area contributed by atoms with Crippen LogP contribution in [0.15, 0.2) is 88.6 Å². The predicted octanol–water partition coefficient (Wildman–Crippen LogP) is 4.24. The van der Waals surface area contributed by atoms with Crippen molar-refractivity contribution in [3.8, 4) is 22.5 Å². The summed E-state index contributed by atoms with van der Waals surface area (Å²) in [6, 6.07) is 23.3. The first-order valence-corrected chi connectivity index (χ1v) is 8.08. The van der Waals surface area contributed by atoms with Gasteiger partial charge in [0.2, 0.25) is 0 Å². The van der Waals surface area contributed by atoms with E-state index < -0.39 is 0 Å². The fourth-order valence-electron chi connectivity index (χ4n) is 2.48. The van der Waals surface area contributed by atoms with Gasteiger partial charge in [0.25, 0.3) is 5.95 Å². The molecule has 0 saturated heterocycles. The Hall–Kier alpha value is -3.80. The predicted molar refractivity (Wildman–Crippen MR) is 101 cm³/mol. The van der Waals surface area contributed by atoms with Gasteiger partial charge in [-0.25, -0.2) is 10.4 Å². The standard InChI is InChI=1S/C20H15N5O/c1-3-8-15(9-4-1)18-19(16-10-5-2-6-11-16)23-25-20(22-18)24-21-14-17-12-7-13-26-17/h1-14H,(H,22,24,25). The summed E-state index contributed by atoms with van der Waals surface area (Å²) in [5, 5.41) is 12.6. The summed E-state index contributed by atoms with van der Waals surface area (Å²) >= 11 is 0. The Kier molecular flexibility index (Phi) is 4.47. The van der Waals surface area contributed by atoms with Crippen LogP contribution in [0.5, 0.6) is 0 Å². The highest BCUT2D eigenvalue weighted by molar-refractivity contribution is 5.78. The van der Waals surface area contributed by atoms with Crippen molar-refractivity contribution >= 4 is 12.2 Å². The molecule has 0 radical (unpaired) electrons. The lowest BCUT2D eigenvalue weighted by atomic mass is 10.0. The minimum absolute atomic E-state index is 0.311. The van der Waals surface area contributed by atoms with Crippen LogP contribution < -0.4 is 5.43 Å². The summed E-state index contributed by atoms with van der Waals surface area (Å²) in [5.41, 5.74) is 6.17. The number of benzene rings is 2. The van der Waals surface area contributed by atoms with Crippen molar-refractivity contribution in [1.29, 1.82) is 0 Å². The number of nitrogens with one attached hydrogen (secondary N) is 1. The monoisotopic (exact) mass is 341 g/mol. The van der Waals surface area contributed by atoms with Crippen molar-refractivity contribution in [1.82, 2.24) is 15.2 Å². The first-order valence-electron chi connectivity index (χ1n) is 8.08. The van der Waals surface area contributed by atoms with Crippen LogP contribution in [0, 0.1) is 0 Å². The third-order valence-electron chi connectivity index (χ3n) is 3.68. The first-order chi connectivity index (χ1) is 12.9. The smallest absolute Gasteiger partial charge is 0.263 e. The number of aromatic nitrogens is 3. The fourth-order valence-corrected chi connectivity index (χ4v) is 2.48. The van der Waals surface area contributed by atoms with E-state index in [-0.39, 0.29) is 0 Å². The normalized spacial score (nSPS) is 10.9. The first kappa shape index (κ1) is 15.7. The van der Waals surface area contributed by atoms with E-state index in [2.05, 4.69) is 25.7 Å². The summed E-state index contributed by atoms with van der Waals surface area (Å²) in [5.74, 6) is 0.945. The van der Waals surface area contributed by atoms with Gasteiger partial charge in [0, 0.05) is 11.1 Å². The molecule has 0 unspecified atom stereocenters. The van der Waals surface area contributed by atoms with Crippen LogP contribution in [0.2, 0.25) is 0 Å². The third-order valence-corrected chi connectivity index (χ3v) is 3.68. The molecule has 0 bridgehead atoms. The molecule has 2 aromatic heterocycles. The summed E-state index contributed by atoms with van der Waals surface area (Å²) < 4.78 is 5.20. The van der Waals surface area contributed by atoms with Crippen molar-refractivity contribution < 1.29 is 4.42 Å². The molecule has 2 aromatic carbocycles. The Morgan fingerprint density at radius 2 is 1.46 bits per heavy atom. The lowest BCUT2D eigenvalue weighted by Crippen LogP contribution is -2.03. The maximum atomic E-state index is 5.20. The molecule has 0 spiro atoms. The van der Waals surface area contributed by atoms with E-state index in [0.717, 1.165) is 22.5 Å². The van der Waals surface area contributed by atoms with Crippen molar-refractivity contribution in [2.24, 2.45) is 5.10 Å². The quantitative estimate of drug-likeness (QED) is 0.434. The van der Waals surface area contributed by atoms with Gasteiger partial charge in [-0.1, -0.05) is 60.7 Å². The minimum atomic E-state index is 0.311. The Morgan fingerprint density at radius 3 is 2.12 bits per heavy atom.